The maximum Gasteiger partial charge on any atom is 0.331 e. The minimum atomic E-state index is -1.28. The van der Waals surface area contributed by atoms with Crippen molar-refractivity contribution < 1.29 is 52.7 Å². The maximum atomic E-state index is 11.6. The second-order valence-electron chi connectivity index (χ2n) is 10.1. The number of ether oxygens (including phenoxy) is 6. The molecule has 1 aliphatic heterocycles. The number of carboxylic acids is 2. The van der Waals surface area contributed by atoms with Crippen molar-refractivity contribution in [2.24, 2.45) is 0 Å². The molecule has 11 heteroatoms. The van der Waals surface area contributed by atoms with Crippen molar-refractivity contribution in [1.82, 2.24) is 0 Å². The molecule has 0 saturated heterocycles. The standard InChI is InChI=1S/C30H39NO10/c1-31(11-8-9-20(30(34)35)17-25(32)33)12-10-19-16-24(38-4)28(40-6)29(41-7)26(19)21(31)13-18-14-22(36-2)27(39-5)23(15-18)37-3/h14-17,21H,8-13H2,1-7H3,(H-,32,33,34,35)/p+1/t21-,31+/m1/s1. The molecule has 11 nitrogen and oxygen atoms in total. The number of likely N-dealkylation sites (N-methyl/N-ethyl adjacent to an activating group) is 1. The number of benzene rings is 2. The molecule has 0 spiro atoms. The van der Waals surface area contributed by atoms with E-state index in [-0.39, 0.29) is 18.0 Å². The van der Waals surface area contributed by atoms with Gasteiger partial charge >= 0.3 is 11.9 Å². The number of carbonyl (C=O) groups is 2. The zero-order chi connectivity index (χ0) is 30.3. The van der Waals surface area contributed by atoms with Gasteiger partial charge in [0.1, 0.15) is 6.04 Å². The molecule has 0 aromatic heterocycles. The van der Waals surface area contributed by atoms with Crippen LogP contribution in [0, 0.1) is 0 Å². The third kappa shape index (κ3) is 6.62. The fourth-order valence-electron chi connectivity index (χ4n) is 5.73. The average Bonchev–Trinajstić information content (AvgIpc) is 2.96. The number of aliphatic carboxylic acids is 2. The van der Waals surface area contributed by atoms with Crippen LogP contribution in [-0.4, -0.2) is 89.4 Å². The lowest BCUT2D eigenvalue weighted by Crippen LogP contribution is -2.52. The van der Waals surface area contributed by atoms with E-state index in [2.05, 4.69) is 7.05 Å². The number of rotatable bonds is 14. The fourth-order valence-corrected chi connectivity index (χ4v) is 5.73. The molecule has 3 rings (SSSR count). The van der Waals surface area contributed by atoms with Crippen LogP contribution in [-0.2, 0) is 22.4 Å². The van der Waals surface area contributed by atoms with Gasteiger partial charge in [0.25, 0.3) is 0 Å². The molecular formula is C30H40NO10+. The highest BCUT2D eigenvalue weighted by Gasteiger charge is 2.43. The van der Waals surface area contributed by atoms with Gasteiger partial charge in [-0.3, -0.25) is 0 Å². The minimum Gasteiger partial charge on any atom is -0.493 e. The van der Waals surface area contributed by atoms with Crippen LogP contribution in [0.3, 0.4) is 0 Å². The van der Waals surface area contributed by atoms with Crippen molar-refractivity contribution in [2.45, 2.75) is 31.7 Å². The van der Waals surface area contributed by atoms with Crippen molar-refractivity contribution >= 4 is 11.9 Å². The first kappa shape index (κ1) is 31.4. The van der Waals surface area contributed by atoms with Crippen LogP contribution in [0.4, 0.5) is 0 Å². The fraction of sp³-hybridized carbons (Fsp3) is 0.467. The molecule has 41 heavy (non-hydrogen) atoms. The van der Waals surface area contributed by atoms with Crippen LogP contribution in [0.5, 0.6) is 34.5 Å². The lowest BCUT2D eigenvalue weighted by molar-refractivity contribution is -0.941. The van der Waals surface area contributed by atoms with Crippen molar-refractivity contribution in [3.63, 3.8) is 0 Å². The van der Waals surface area contributed by atoms with Crippen LogP contribution in [0.15, 0.2) is 29.8 Å². The summed E-state index contributed by atoms with van der Waals surface area (Å²) >= 11 is 0. The van der Waals surface area contributed by atoms with E-state index < -0.39 is 11.9 Å². The number of hydrogen-bond donors (Lipinski definition) is 2. The molecule has 1 aliphatic rings. The summed E-state index contributed by atoms with van der Waals surface area (Å²) in [6.45, 7) is 1.35. The Bertz CT molecular complexity index is 1280. The minimum absolute atomic E-state index is 0.127. The van der Waals surface area contributed by atoms with Crippen LogP contribution in [0.1, 0.15) is 35.6 Å². The van der Waals surface area contributed by atoms with E-state index in [0.717, 1.165) is 35.7 Å². The Hall–Kier alpha value is -4.12. The molecule has 224 valence electrons. The molecule has 0 fully saturated rings. The molecule has 0 amide bonds. The second-order valence-corrected chi connectivity index (χ2v) is 10.1. The summed E-state index contributed by atoms with van der Waals surface area (Å²) in [6, 6.07) is 5.69. The number of hydrogen-bond acceptors (Lipinski definition) is 8. The van der Waals surface area contributed by atoms with E-state index in [4.69, 9.17) is 33.5 Å². The molecule has 1 heterocycles. The normalized spacial score (nSPS) is 18.2. The Labute approximate surface area is 240 Å². The third-order valence-corrected chi connectivity index (χ3v) is 7.77. The average molecular weight is 575 g/mol. The number of methoxy groups -OCH3 is 6. The largest absolute Gasteiger partial charge is 0.493 e. The van der Waals surface area contributed by atoms with Gasteiger partial charge in [-0.05, 0) is 35.7 Å². The lowest BCUT2D eigenvalue weighted by atomic mass is 9.85. The van der Waals surface area contributed by atoms with Gasteiger partial charge in [0.05, 0.1) is 68.4 Å². The van der Waals surface area contributed by atoms with Gasteiger partial charge in [-0.1, -0.05) is 0 Å². The molecule has 2 N–H and O–H groups in total. The lowest BCUT2D eigenvalue weighted by Gasteiger charge is -2.46. The highest BCUT2D eigenvalue weighted by molar-refractivity contribution is 5.94. The van der Waals surface area contributed by atoms with Crippen LogP contribution in [0.2, 0.25) is 0 Å². The van der Waals surface area contributed by atoms with E-state index in [1.165, 1.54) is 0 Å². The van der Waals surface area contributed by atoms with Gasteiger partial charge in [-0.15, -0.1) is 0 Å². The summed E-state index contributed by atoms with van der Waals surface area (Å²) in [5, 5.41) is 18.6. The predicted molar refractivity (Wildman–Crippen MR) is 151 cm³/mol. The summed E-state index contributed by atoms with van der Waals surface area (Å²) in [4.78, 5) is 22.8. The number of nitrogens with zero attached hydrogens (tertiary/aromatic N) is 1. The first-order valence-corrected chi connectivity index (χ1v) is 13.2. The Morgan fingerprint density at radius 3 is 1.90 bits per heavy atom. The van der Waals surface area contributed by atoms with Crippen molar-refractivity contribution in [3.05, 3.63) is 46.5 Å². The van der Waals surface area contributed by atoms with E-state index in [1.54, 1.807) is 42.7 Å². The molecule has 0 bridgehead atoms. The monoisotopic (exact) mass is 574 g/mol. The summed E-state index contributed by atoms with van der Waals surface area (Å²) in [7, 11) is 11.6. The van der Waals surface area contributed by atoms with Crippen LogP contribution in [0.25, 0.3) is 0 Å². The van der Waals surface area contributed by atoms with Gasteiger partial charge in [0.2, 0.25) is 11.5 Å². The summed E-state index contributed by atoms with van der Waals surface area (Å²) in [5.74, 6) is 0.723. The predicted octanol–water partition coefficient (Wildman–Crippen LogP) is 3.90. The highest BCUT2D eigenvalue weighted by Crippen LogP contribution is 2.51. The molecule has 2 aromatic carbocycles. The smallest absolute Gasteiger partial charge is 0.331 e. The van der Waals surface area contributed by atoms with E-state index in [0.29, 0.717) is 58.4 Å². The van der Waals surface area contributed by atoms with Crippen LogP contribution >= 0.6 is 0 Å². The first-order valence-electron chi connectivity index (χ1n) is 13.2. The molecule has 2 atom stereocenters. The third-order valence-electron chi connectivity index (χ3n) is 7.77. The first-order chi connectivity index (χ1) is 19.6. The highest BCUT2D eigenvalue weighted by atomic mass is 16.5. The molecular weight excluding hydrogens is 534 g/mol. The molecule has 0 radical (unpaired) electrons. The van der Waals surface area contributed by atoms with E-state index in [9.17, 15) is 14.7 Å². The quantitative estimate of drug-likeness (QED) is 0.253. The van der Waals surface area contributed by atoms with Gasteiger partial charge in [0.15, 0.2) is 23.0 Å². The SMILES string of the molecule is COc1cc(C[C@@H]2c3c(cc(OC)c(OC)c3OC)CC[N@+]2(C)CCCC(=CC(=O)O)C(=O)O)cc(OC)c1OC. The summed E-state index contributed by atoms with van der Waals surface area (Å²) < 4.78 is 34.6. The van der Waals surface area contributed by atoms with Crippen molar-refractivity contribution in [1.29, 1.82) is 0 Å². The molecule has 2 aromatic rings. The number of quaternary nitrogens is 1. The summed E-state index contributed by atoms with van der Waals surface area (Å²) in [5.41, 5.74) is 2.86. The zero-order valence-electron chi connectivity index (χ0n) is 24.7. The number of carboxylic acid groups (broad SMARTS) is 2. The van der Waals surface area contributed by atoms with Gasteiger partial charge < -0.3 is 43.1 Å². The summed E-state index contributed by atoms with van der Waals surface area (Å²) in [6.07, 6.45) is 2.65. The second kappa shape index (κ2) is 13.5. The molecule has 0 unspecified atom stereocenters. The Kier molecular flexibility index (Phi) is 10.3. The van der Waals surface area contributed by atoms with Gasteiger partial charge in [0, 0.05) is 30.9 Å². The van der Waals surface area contributed by atoms with Crippen LogP contribution < -0.4 is 28.4 Å². The van der Waals surface area contributed by atoms with Crippen molar-refractivity contribution in [3.8, 4) is 34.5 Å². The van der Waals surface area contributed by atoms with E-state index in [1.807, 2.05) is 18.2 Å². The molecule has 0 aliphatic carbocycles. The van der Waals surface area contributed by atoms with Crippen molar-refractivity contribution in [2.75, 3.05) is 62.8 Å². The van der Waals surface area contributed by atoms with Gasteiger partial charge in [-0.2, -0.15) is 0 Å². The maximum absolute atomic E-state index is 11.6. The Morgan fingerprint density at radius 1 is 0.854 bits per heavy atom. The zero-order valence-corrected chi connectivity index (χ0v) is 24.7. The Balaban J connectivity index is 2.14. The van der Waals surface area contributed by atoms with E-state index >= 15 is 0 Å². The Morgan fingerprint density at radius 2 is 1.41 bits per heavy atom. The van der Waals surface area contributed by atoms with Gasteiger partial charge in [-0.25, -0.2) is 9.59 Å². The topological polar surface area (TPSA) is 130 Å². The molecule has 0 saturated carbocycles. The number of fused-ring (bicyclic) bond motifs is 1.